The number of aryl methyl sites for hydroxylation is 1. The molecule has 0 spiro atoms. The van der Waals surface area contributed by atoms with Crippen molar-refractivity contribution in [2.24, 2.45) is 0 Å². The highest BCUT2D eigenvalue weighted by Gasteiger charge is 2.34. The fourth-order valence-corrected chi connectivity index (χ4v) is 3.15. The van der Waals surface area contributed by atoms with E-state index in [0.29, 0.717) is 11.3 Å². The fourth-order valence-electron chi connectivity index (χ4n) is 2.28. The molecule has 0 atom stereocenters. The molecular formula is C18H15FN4O3S. The zero-order chi connectivity index (χ0) is 19.4. The zero-order valence-electron chi connectivity index (χ0n) is 14.3. The van der Waals surface area contributed by atoms with Gasteiger partial charge in [-0.2, -0.15) is 0 Å². The summed E-state index contributed by atoms with van der Waals surface area (Å²) >= 11 is 0.807. The maximum Gasteiger partial charge on any atom is 0.293 e. The number of aromatic nitrogens is 2. The van der Waals surface area contributed by atoms with Crippen LogP contribution in [0.1, 0.15) is 21.7 Å². The van der Waals surface area contributed by atoms with Crippen LogP contribution in [0.2, 0.25) is 0 Å². The van der Waals surface area contributed by atoms with E-state index >= 15 is 0 Å². The summed E-state index contributed by atoms with van der Waals surface area (Å²) in [6, 6.07) is 5.59. The van der Waals surface area contributed by atoms with Gasteiger partial charge in [0.05, 0.1) is 16.8 Å². The Morgan fingerprint density at radius 3 is 2.63 bits per heavy atom. The van der Waals surface area contributed by atoms with Gasteiger partial charge in [0.2, 0.25) is 0 Å². The molecule has 0 saturated carbocycles. The lowest BCUT2D eigenvalue weighted by atomic mass is 10.2. The molecule has 2 aromatic rings. The highest BCUT2D eigenvalue weighted by atomic mass is 32.2. The van der Waals surface area contributed by atoms with E-state index in [4.69, 9.17) is 0 Å². The molecular weight excluding hydrogens is 371 g/mol. The number of nitrogens with one attached hydrogen (secondary N) is 1. The Bertz CT molecular complexity index is 913. The highest BCUT2D eigenvalue weighted by Crippen LogP contribution is 2.31. The molecule has 0 bridgehead atoms. The quantitative estimate of drug-likeness (QED) is 0.794. The largest absolute Gasteiger partial charge is 0.349 e. The molecule has 0 radical (unpaired) electrons. The smallest absolute Gasteiger partial charge is 0.293 e. The van der Waals surface area contributed by atoms with Crippen LogP contribution in [0, 0.1) is 12.7 Å². The van der Waals surface area contributed by atoms with E-state index < -0.39 is 17.1 Å². The minimum atomic E-state index is -0.446. The van der Waals surface area contributed by atoms with E-state index in [1.165, 1.54) is 42.7 Å². The molecule has 9 heteroatoms. The van der Waals surface area contributed by atoms with Gasteiger partial charge in [0, 0.05) is 19.3 Å². The van der Waals surface area contributed by atoms with Crippen molar-refractivity contribution in [1.29, 1.82) is 0 Å². The van der Waals surface area contributed by atoms with Crippen molar-refractivity contribution >= 4 is 34.9 Å². The molecule has 1 saturated heterocycles. The SMILES string of the molecule is Cc1cnc(C(=O)NCCN2C(=O)S/C(=C\c3ccc(F)cc3)C2=O)cn1. The van der Waals surface area contributed by atoms with E-state index in [0.717, 1.165) is 16.7 Å². The topological polar surface area (TPSA) is 92.3 Å². The van der Waals surface area contributed by atoms with Crippen LogP contribution in [-0.2, 0) is 4.79 Å². The standard InChI is InChI=1S/C18H15FN4O3S/c1-11-9-22-14(10-21-11)16(24)20-6-7-23-17(25)15(27-18(23)26)8-12-2-4-13(19)5-3-12/h2-5,8-10H,6-7H2,1H3,(H,20,24)/b15-8-. The van der Waals surface area contributed by atoms with Crippen LogP contribution in [0.25, 0.3) is 6.08 Å². The van der Waals surface area contributed by atoms with Crippen LogP contribution in [0.4, 0.5) is 9.18 Å². The van der Waals surface area contributed by atoms with E-state index in [1.807, 2.05) is 0 Å². The average molecular weight is 386 g/mol. The molecule has 0 aliphatic carbocycles. The summed E-state index contributed by atoms with van der Waals surface area (Å²) in [5, 5.41) is 2.18. The predicted octanol–water partition coefficient (Wildman–Crippen LogP) is 2.39. The van der Waals surface area contributed by atoms with Crippen LogP contribution in [0.3, 0.4) is 0 Å². The third kappa shape index (κ3) is 4.56. The lowest BCUT2D eigenvalue weighted by Gasteiger charge is -2.12. The first-order valence-electron chi connectivity index (χ1n) is 8.02. The number of amides is 3. The summed E-state index contributed by atoms with van der Waals surface area (Å²) in [4.78, 5) is 45.7. The third-order valence-corrected chi connectivity index (χ3v) is 4.58. The van der Waals surface area contributed by atoms with Crippen molar-refractivity contribution < 1.29 is 18.8 Å². The third-order valence-electron chi connectivity index (χ3n) is 3.68. The fraction of sp³-hybridized carbons (Fsp3) is 0.167. The van der Waals surface area contributed by atoms with E-state index in [9.17, 15) is 18.8 Å². The molecule has 3 amide bonds. The molecule has 1 fully saturated rings. The van der Waals surface area contributed by atoms with Crippen LogP contribution >= 0.6 is 11.8 Å². The molecule has 138 valence electrons. The second kappa shape index (κ2) is 8.09. The van der Waals surface area contributed by atoms with Crippen molar-refractivity contribution in [2.45, 2.75) is 6.92 Å². The Labute approximate surface area is 158 Å². The molecule has 1 aliphatic rings. The van der Waals surface area contributed by atoms with Crippen LogP contribution in [0.5, 0.6) is 0 Å². The van der Waals surface area contributed by atoms with E-state index in [1.54, 1.807) is 6.92 Å². The second-order valence-electron chi connectivity index (χ2n) is 5.68. The van der Waals surface area contributed by atoms with Crippen molar-refractivity contribution in [3.8, 4) is 0 Å². The van der Waals surface area contributed by atoms with Gasteiger partial charge in [-0.25, -0.2) is 9.37 Å². The number of nitrogens with zero attached hydrogens (tertiary/aromatic N) is 3. The molecule has 1 aromatic heterocycles. The predicted molar refractivity (Wildman–Crippen MR) is 98.2 cm³/mol. The minimum Gasteiger partial charge on any atom is -0.349 e. The molecule has 1 N–H and O–H groups in total. The first kappa shape index (κ1) is 18.7. The Kier molecular flexibility index (Phi) is 5.60. The number of imide groups is 1. The van der Waals surface area contributed by atoms with Gasteiger partial charge >= 0.3 is 0 Å². The van der Waals surface area contributed by atoms with Gasteiger partial charge in [0.25, 0.3) is 17.1 Å². The van der Waals surface area contributed by atoms with Gasteiger partial charge in [-0.05, 0) is 42.5 Å². The van der Waals surface area contributed by atoms with Crippen molar-refractivity contribution in [1.82, 2.24) is 20.2 Å². The molecule has 0 unspecified atom stereocenters. The lowest BCUT2D eigenvalue weighted by molar-refractivity contribution is -0.122. The number of thioether (sulfide) groups is 1. The van der Waals surface area contributed by atoms with Crippen molar-refractivity contribution in [2.75, 3.05) is 13.1 Å². The summed E-state index contributed by atoms with van der Waals surface area (Å²) in [6.07, 6.45) is 4.37. The summed E-state index contributed by atoms with van der Waals surface area (Å²) in [5.41, 5.74) is 1.47. The van der Waals surface area contributed by atoms with Crippen LogP contribution in [-0.4, -0.2) is 45.0 Å². The average Bonchev–Trinajstić information content (AvgIpc) is 2.91. The number of hydrogen-bond acceptors (Lipinski definition) is 6. The number of hydrogen-bond donors (Lipinski definition) is 1. The molecule has 2 heterocycles. The van der Waals surface area contributed by atoms with Gasteiger partial charge in [0.1, 0.15) is 11.5 Å². The molecule has 27 heavy (non-hydrogen) atoms. The normalized spacial score (nSPS) is 15.5. The Morgan fingerprint density at radius 2 is 1.96 bits per heavy atom. The minimum absolute atomic E-state index is 0.0381. The van der Waals surface area contributed by atoms with Gasteiger partial charge in [-0.15, -0.1) is 0 Å². The summed E-state index contributed by atoms with van der Waals surface area (Å²) in [5.74, 6) is -1.26. The number of rotatable bonds is 5. The Balaban J connectivity index is 1.58. The highest BCUT2D eigenvalue weighted by molar-refractivity contribution is 8.18. The van der Waals surface area contributed by atoms with E-state index in [-0.39, 0.29) is 29.5 Å². The maximum atomic E-state index is 12.9. The summed E-state index contributed by atoms with van der Waals surface area (Å²) in [7, 11) is 0. The summed E-state index contributed by atoms with van der Waals surface area (Å²) in [6.45, 7) is 1.89. The zero-order valence-corrected chi connectivity index (χ0v) is 15.1. The summed E-state index contributed by atoms with van der Waals surface area (Å²) < 4.78 is 12.9. The van der Waals surface area contributed by atoms with Gasteiger partial charge < -0.3 is 5.32 Å². The van der Waals surface area contributed by atoms with Crippen LogP contribution in [0.15, 0.2) is 41.6 Å². The number of benzene rings is 1. The molecule has 1 aliphatic heterocycles. The molecule has 7 nitrogen and oxygen atoms in total. The lowest BCUT2D eigenvalue weighted by Crippen LogP contribution is -2.37. The first-order chi connectivity index (χ1) is 12.9. The second-order valence-corrected chi connectivity index (χ2v) is 6.68. The van der Waals surface area contributed by atoms with Gasteiger partial charge in [0.15, 0.2) is 0 Å². The van der Waals surface area contributed by atoms with Crippen molar-refractivity contribution in [3.05, 3.63) is 64.3 Å². The monoisotopic (exact) mass is 386 g/mol. The van der Waals surface area contributed by atoms with Gasteiger partial charge in [-0.1, -0.05) is 12.1 Å². The Morgan fingerprint density at radius 1 is 1.22 bits per heavy atom. The first-order valence-corrected chi connectivity index (χ1v) is 8.83. The Hall–Kier alpha value is -3.07. The number of carbonyl (C=O) groups excluding carboxylic acids is 3. The van der Waals surface area contributed by atoms with Crippen LogP contribution < -0.4 is 5.32 Å². The number of halogens is 1. The molecule has 3 rings (SSSR count). The van der Waals surface area contributed by atoms with E-state index in [2.05, 4.69) is 15.3 Å². The molecule has 1 aromatic carbocycles. The van der Waals surface area contributed by atoms with Gasteiger partial charge in [-0.3, -0.25) is 24.3 Å². The maximum absolute atomic E-state index is 12.9. The number of carbonyl (C=O) groups is 3. The van der Waals surface area contributed by atoms with Crippen molar-refractivity contribution in [3.63, 3.8) is 0 Å².